The summed E-state index contributed by atoms with van der Waals surface area (Å²) in [5, 5.41) is 10.7. The molecule has 7 nitrogen and oxygen atoms in total. The molecule has 0 saturated heterocycles. The summed E-state index contributed by atoms with van der Waals surface area (Å²) in [5.41, 5.74) is 1.52. The summed E-state index contributed by atoms with van der Waals surface area (Å²) in [6.45, 7) is 12.5. The number of benzene rings is 2. The van der Waals surface area contributed by atoms with E-state index in [9.17, 15) is 9.90 Å². The Hall–Kier alpha value is -2.81. The lowest BCUT2D eigenvalue weighted by atomic mass is 9.84. The van der Waals surface area contributed by atoms with Gasteiger partial charge in [0.2, 0.25) is 0 Å². The smallest absolute Gasteiger partial charge is 0.197 e. The fourth-order valence-electron chi connectivity index (χ4n) is 4.10. The normalized spacial score (nSPS) is 14.3. The summed E-state index contributed by atoms with van der Waals surface area (Å²) >= 11 is 3.10. The van der Waals surface area contributed by atoms with Gasteiger partial charge in [-0.05, 0) is 49.9 Å². The van der Waals surface area contributed by atoms with E-state index in [0.29, 0.717) is 41.5 Å². The Kier molecular flexibility index (Phi) is 8.30. The van der Waals surface area contributed by atoms with E-state index in [1.807, 2.05) is 34.6 Å². The number of fused-ring (bicyclic) bond motifs is 1. The SMILES string of the molecule is CCOc1cc(C(=O)CN2Cc3cc(OCC)c(OCC)c(F)c3/C2=N/Br)cc(C(C)(C)C)c1O. The highest BCUT2D eigenvalue weighted by Crippen LogP contribution is 2.41. The van der Waals surface area contributed by atoms with Crippen LogP contribution in [0, 0.1) is 5.82 Å². The minimum Gasteiger partial charge on any atom is -0.504 e. The third-order valence-electron chi connectivity index (χ3n) is 5.66. The van der Waals surface area contributed by atoms with Gasteiger partial charge in [-0.15, -0.1) is 0 Å². The van der Waals surface area contributed by atoms with E-state index in [1.165, 1.54) is 0 Å². The first-order chi connectivity index (χ1) is 16.6. The van der Waals surface area contributed by atoms with Crippen molar-refractivity contribution in [2.24, 2.45) is 4.02 Å². The van der Waals surface area contributed by atoms with E-state index in [0.717, 1.165) is 0 Å². The molecule has 2 aromatic carbocycles. The Morgan fingerprint density at radius 2 is 1.71 bits per heavy atom. The molecule has 0 saturated carbocycles. The van der Waals surface area contributed by atoms with Gasteiger partial charge in [-0.2, -0.15) is 4.02 Å². The van der Waals surface area contributed by atoms with Crippen LogP contribution in [-0.2, 0) is 12.0 Å². The highest BCUT2D eigenvalue weighted by molar-refractivity contribution is 9.08. The van der Waals surface area contributed by atoms with E-state index in [2.05, 4.69) is 20.2 Å². The molecule has 0 amide bonds. The van der Waals surface area contributed by atoms with E-state index < -0.39 is 11.2 Å². The van der Waals surface area contributed by atoms with Gasteiger partial charge < -0.3 is 24.2 Å². The molecule has 0 spiro atoms. The molecule has 0 unspecified atom stereocenters. The highest BCUT2D eigenvalue weighted by atomic mass is 79.9. The Labute approximate surface area is 214 Å². The lowest BCUT2D eigenvalue weighted by Gasteiger charge is -2.24. The predicted octanol–water partition coefficient (Wildman–Crippen LogP) is 5.78. The second kappa shape index (κ2) is 10.8. The van der Waals surface area contributed by atoms with Gasteiger partial charge >= 0.3 is 0 Å². The van der Waals surface area contributed by atoms with Crippen LogP contribution in [0.4, 0.5) is 4.39 Å². The summed E-state index contributed by atoms with van der Waals surface area (Å²) in [4.78, 5) is 15.1. The van der Waals surface area contributed by atoms with Crippen LogP contribution in [0.15, 0.2) is 22.2 Å². The lowest BCUT2D eigenvalue weighted by molar-refractivity contribution is 0.0962. The van der Waals surface area contributed by atoms with E-state index in [-0.39, 0.29) is 48.3 Å². The summed E-state index contributed by atoms with van der Waals surface area (Å²) in [6, 6.07) is 4.97. The number of halogens is 2. The second-order valence-corrected chi connectivity index (χ2v) is 9.51. The number of ether oxygens (including phenoxy) is 3. The maximum Gasteiger partial charge on any atom is 0.197 e. The molecular formula is C26H32BrFN2O5. The topological polar surface area (TPSA) is 80.6 Å². The maximum atomic E-state index is 15.5. The monoisotopic (exact) mass is 550 g/mol. The van der Waals surface area contributed by atoms with Gasteiger partial charge in [0.05, 0.1) is 48.1 Å². The molecule has 190 valence electrons. The second-order valence-electron chi connectivity index (χ2n) is 9.16. The number of carbonyl (C=O) groups is 1. The predicted molar refractivity (Wildman–Crippen MR) is 137 cm³/mol. The number of hydrogen-bond donors (Lipinski definition) is 1. The molecule has 2 aromatic rings. The fraction of sp³-hybridized carbons (Fsp3) is 0.462. The van der Waals surface area contributed by atoms with Gasteiger partial charge in [0.25, 0.3) is 0 Å². The van der Waals surface area contributed by atoms with Crippen LogP contribution in [0.25, 0.3) is 0 Å². The van der Waals surface area contributed by atoms with E-state index >= 15 is 4.39 Å². The van der Waals surface area contributed by atoms with Gasteiger partial charge in [-0.25, -0.2) is 4.39 Å². The van der Waals surface area contributed by atoms with Crippen molar-refractivity contribution in [3.63, 3.8) is 0 Å². The molecule has 9 heteroatoms. The third-order valence-corrected chi connectivity index (χ3v) is 6.00. The number of Topliss-reactive ketones (excluding diaryl/α,β-unsaturated/α-hetero) is 1. The molecule has 0 atom stereocenters. The molecule has 1 heterocycles. The average Bonchev–Trinajstić information content (AvgIpc) is 3.14. The van der Waals surface area contributed by atoms with Gasteiger partial charge in [0, 0.05) is 17.7 Å². The van der Waals surface area contributed by atoms with Crippen LogP contribution < -0.4 is 14.2 Å². The zero-order chi connectivity index (χ0) is 25.9. The Morgan fingerprint density at radius 3 is 2.29 bits per heavy atom. The average molecular weight is 551 g/mol. The molecule has 35 heavy (non-hydrogen) atoms. The number of carbonyl (C=O) groups excluding carboxylic acids is 1. The van der Waals surface area contributed by atoms with Crippen LogP contribution in [0.1, 0.15) is 68.6 Å². The zero-order valence-corrected chi connectivity index (χ0v) is 22.6. The molecule has 0 aromatic heterocycles. The first-order valence-electron chi connectivity index (χ1n) is 11.7. The fourth-order valence-corrected chi connectivity index (χ4v) is 4.50. The van der Waals surface area contributed by atoms with Gasteiger partial charge in [-0.3, -0.25) is 4.79 Å². The molecule has 0 bridgehead atoms. The number of hydrogen-bond acceptors (Lipinski definition) is 6. The summed E-state index contributed by atoms with van der Waals surface area (Å²) in [5.74, 6) is 0.159. The number of phenolic OH excluding ortho intramolecular Hbond substituents is 1. The third kappa shape index (κ3) is 5.39. The van der Waals surface area contributed by atoms with Crippen molar-refractivity contribution in [3.8, 4) is 23.0 Å². The van der Waals surface area contributed by atoms with Crippen molar-refractivity contribution in [2.75, 3.05) is 26.4 Å². The zero-order valence-electron chi connectivity index (χ0n) is 21.0. The first kappa shape index (κ1) is 26.8. The van der Waals surface area contributed by atoms with E-state index in [4.69, 9.17) is 14.2 Å². The lowest BCUT2D eigenvalue weighted by Crippen LogP contribution is -2.31. The number of aromatic hydroxyl groups is 1. The highest BCUT2D eigenvalue weighted by Gasteiger charge is 2.34. The summed E-state index contributed by atoms with van der Waals surface area (Å²) in [6.07, 6.45) is 0. The number of phenols is 1. The van der Waals surface area contributed by atoms with Crippen LogP contribution in [0.3, 0.4) is 0 Å². The van der Waals surface area contributed by atoms with Crippen molar-refractivity contribution in [2.45, 2.75) is 53.5 Å². The maximum absolute atomic E-state index is 15.5. The van der Waals surface area contributed by atoms with Gasteiger partial charge in [0.15, 0.2) is 34.6 Å². The Morgan fingerprint density at radius 1 is 1.09 bits per heavy atom. The number of amidine groups is 1. The van der Waals surface area contributed by atoms with Crippen molar-refractivity contribution < 1.29 is 28.5 Å². The minimum atomic E-state index is -0.570. The van der Waals surface area contributed by atoms with Crippen LogP contribution in [0.5, 0.6) is 23.0 Å². The molecule has 3 rings (SSSR count). The van der Waals surface area contributed by atoms with Gasteiger partial charge in [-0.1, -0.05) is 20.8 Å². The largest absolute Gasteiger partial charge is 0.504 e. The van der Waals surface area contributed by atoms with Crippen molar-refractivity contribution >= 4 is 27.8 Å². The van der Waals surface area contributed by atoms with Crippen LogP contribution >= 0.6 is 16.1 Å². The quantitative estimate of drug-likeness (QED) is 0.398. The molecule has 0 aliphatic carbocycles. The molecule has 1 N–H and O–H groups in total. The number of nitrogens with zero attached hydrogens (tertiary/aromatic N) is 2. The van der Waals surface area contributed by atoms with Gasteiger partial charge in [0.1, 0.15) is 5.84 Å². The van der Waals surface area contributed by atoms with Crippen molar-refractivity contribution in [1.82, 2.24) is 4.90 Å². The Balaban J connectivity index is 1.98. The molecular weight excluding hydrogens is 519 g/mol. The molecule has 0 fully saturated rings. The minimum absolute atomic E-state index is 0.0289. The van der Waals surface area contributed by atoms with Crippen molar-refractivity contribution in [1.29, 1.82) is 0 Å². The standard InChI is InChI=1S/C26H32BrFN2O5/c1-7-33-19-11-15(10-17(23(19)32)26(4,5)6)18(31)14-30-13-16-12-20(34-8-2)24(35-9-3)22(28)21(16)25(30)29-27/h10-12,32H,7-9,13-14H2,1-6H3/b29-25-. The Bertz CT molecular complexity index is 1140. The van der Waals surface area contributed by atoms with Crippen molar-refractivity contribution in [3.05, 3.63) is 46.3 Å². The number of ketones is 1. The molecule has 1 aliphatic heterocycles. The molecule has 1 aliphatic rings. The van der Waals surface area contributed by atoms with Crippen LogP contribution in [-0.4, -0.2) is 48.0 Å². The summed E-state index contributed by atoms with van der Waals surface area (Å²) < 4.78 is 36.3. The number of rotatable bonds is 9. The van der Waals surface area contributed by atoms with Crippen LogP contribution in [0.2, 0.25) is 0 Å². The first-order valence-corrected chi connectivity index (χ1v) is 12.4. The van der Waals surface area contributed by atoms with E-state index in [1.54, 1.807) is 30.0 Å². The molecule has 0 radical (unpaired) electrons. The summed E-state index contributed by atoms with van der Waals surface area (Å²) in [7, 11) is 0.